The molecule has 0 atom stereocenters. The molecule has 0 aliphatic heterocycles. The molecule has 0 amide bonds. The third-order valence-corrected chi connectivity index (χ3v) is 2.45. The van der Waals surface area contributed by atoms with E-state index in [-0.39, 0.29) is 30.0 Å². The minimum atomic E-state index is -4.36. The topological polar surface area (TPSA) is 75.3 Å². The molecule has 9 heteroatoms. The minimum absolute atomic E-state index is 0. The summed E-state index contributed by atoms with van der Waals surface area (Å²) in [6.07, 6.45) is -2.85. The van der Waals surface area contributed by atoms with Crippen molar-refractivity contribution in [2.24, 2.45) is 10.7 Å². The molecule has 0 spiro atoms. The fourth-order valence-electron chi connectivity index (χ4n) is 1.50. The van der Waals surface area contributed by atoms with Crippen LogP contribution in [0.15, 0.2) is 23.3 Å². The summed E-state index contributed by atoms with van der Waals surface area (Å²) in [6, 6.07) is 2.53. The summed E-state index contributed by atoms with van der Waals surface area (Å²) < 4.78 is 37.0. The third-order valence-electron chi connectivity index (χ3n) is 2.45. The molecule has 0 aromatic carbocycles. The molecular weight excluding hydrogens is 410 g/mol. The highest BCUT2D eigenvalue weighted by atomic mass is 127. The van der Waals surface area contributed by atoms with Gasteiger partial charge in [0.25, 0.3) is 0 Å². The first-order valence-corrected chi connectivity index (χ1v) is 6.62. The first kappa shape index (κ1) is 20.7. The number of rotatable bonds is 6. The molecule has 0 saturated carbocycles. The van der Waals surface area contributed by atoms with Gasteiger partial charge in [-0.2, -0.15) is 13.2 Å². The molecule has 0 aliphatic rings. The average Bonchev–Trinajstić information content (AvgIpc) is 2.37. The number of hydrogen-bond donors (Lipinski definition) is 3. The third kappa shape index (κ3) is 8.25. The molecule has 0 radical (unpaired) electrons. The molecule has 0 bridgehead atoms. The Bertz CT molecular complexity index is 460. The molecule has 0 unspecified atom stereocenters. The lowest BCUT2D eigenvalue weighted by molar-refractivity contribution is -0.137. The van der Waals surface area contributed by atoms with E-state index in [1.807, 2.05) is 13.8 Å². The number of aliphatic imine (C=N–C) groups is 1. The monoisotopic (exact) mass is 431 g/mol. The van der Waals surface area contributed by atoms with Crippen molar-refractivity contribution < 1.29 is 13.2 Å². The molecule has 0 saturated heterocycles. The fourth-order valence-corrected chi connectivity index (χ4v) is 1.50. The minimum Gasteiger partial charge on any atom is -0.370 e. The summed E-state index contributed by atoms with van der Waals surface area (Å²) in [5.74, 6) is 0.790. The van der Waals surface area contributed by atoms with Crippen LogP contribution in [-0.4, -0.2) is 30.1 Å². The van der Waals surface area contributed by atoms with E-state index in [1.165, 1.54) is 6.07 Å². The number of anilines is 1. The Morgan fingerprint density at radius 3 is 2.55 bits per heavy atom. The van der Waals surface area contributed by atoms with Gasteiger partial charge in [-0.3, -0.25) is 4.99 Å². The van der Waals surface area contributed by atoms with Crippen LogP contribution in [0, 0.1) is 0 Å². The largest absolute Gasteiger partial charge is 0.417 e. The average molecular weight is 431 g/mol. The van der Waals surface area contributed by atoms with Gasteiger partial charge in [0.15, 0.2) is 5.96 Å². The highest BCUT2D eigenvalue weighted by Crippen LogP contribution is 2.28. The maximum atomic E-state index is 12.3. The maximum absolute atomic E-state index is 12.3. The van der Waals surface area contributed by atoms with E-state index >= 15 is 0 Å². The van der Waals surface area contributed by atoms with Gasteiger partial charge in [-0.25, -0.2) is 4.98 Å². The summed E-state index contributed by atoms with van der Waals surface area (Å²) in [5, 5.41) is 5.89. The van der Waals surface area contributed by atoms with Crippen LogP contribution in [0.4, 0.5) is 19.0 Å². The molecule has 1 aromatic heterocycles. The number of aromatic nitrogens is 1. The van der Waals surface area contributed by atoms with E-state index in [2.05, 4.69) is 20.6 Å². The summed E-state index contributed by atoms with van der Waals surface area (Å²) in [6.45, 7) is 5.00. The van der Waals surface area contributed by atoms with E-state index in [1.54, 1.807) is 0 Å². The first-order valence-electron chi connectivity index (χ1n) is 6.62. The molecule has 126 valence electrons. The number of pyridine rings is 1. The maximum Gasteiger partial charge on any atom is 0.417 e. The Kier molecular flexibility index (Phi) is 9.14. The first-order chi connectivity index (χ1) is 9.79. The highest BCUT2D eigenvalue weighted by Gasteiger charge is 2.30. The van der Waals surface area contributed by atoms with E-state index in [9.17, 15) is 13.2 Å². The Balaban J connectivity index is 0.00000441. The van der Waals surface area contributed by atoms with Crippen LogP contribution in [0.3, 0.4) is 0 Å². The van der Waals surface area contributed by atoms with Crippen molar-refractivity contribution in [1.82, 2.24) is 10.3 Å². The normalized spacial score (nSPS) is 12.0. The van der Waals surface area contributed by atoms with Gasteiger partial charge in [0, 0.05) is 25.3 Å². The highest BCUT2D eigenvalue weighted by molar-refractivity contribution is 14.0. The van der Waals surface area contributed by atoms with Crippen LogP contribution in [0.25, 0.3) is 0 Å². The zero-order valence-corrected chi connectivity index (χ0v) is 14.8. The number of nitrogens with two attached hydrogens (primary N) is 1. The van der Waals surface area contributed by atoms with Crippen LogP contribution in [0.1, 0.15) is 25.8 Å². The molecular formula is C13H21F3IN5. The predicted octanol–water partition coefficient (Wildman–Crippen LogP) is 2.83. The predicted molar refractivity (Wildman–Crippen MR) is 92.5 cm³/mol. The van der Waals surface area contributed by atoms with Gasteiger partial charge in [0.1, 0.15) is 5.82 Å². The number of alkyl halides is 3. The Labute approximate surface area is 145 Å². The lowest BCUT2D eigenvalue weighted by Gasteiger charge is -2.09. The van der Waals surface area contributed by atoms with E-state index in [4.69, 9.17) is 5.73 Å². The second kappa shape index (κ2) is 9.70. The number of hydrogen-bond acceptors (Lipinski definition) is 3. The number of nitrogens with one attached hydrogen (secondary N) is 2. The molecule has 0 fully saturated rings. The Morgan fingerprint density at radius 2 is 2.05 bits per heavy atom. The van der Waals surface area contributed by atoms with E-state index in [0.29, 0.717) is 31.3 Å². The van der Waals surface area contributed by atoms with Crippen molar-refractivity contribution in [2.45, 2.75) is 32.5 Å². The quantitative estimate of drug-likeness (QED) is 0.280. The van der Waals surface area contributed by atoms with Crippen LogP contribution in [0.2, 0.25) is 0 Å². The van der Waals surface area contributed by atoms with Crippen LogP contribution < -0.4 is 16.4 Å². The smallest absolute Gasteiger partial charge is 0.370 e. The van der Waals surface area contributed by atoms with Crippen LogP contribution in [0.5, 0.6) is 0 Å². The van der Waals surface area contributed by atoms with Gasteiger partial charge in [-0.1, -0.05) is 0 Å². The molecule has 1 heterocycles. The zero-order chi connectivity index (χ0) is 15.9. The molecule has 5 nitrogen and oxygen atoms in total. The van der Waals surface area contributed by atoms with Gasteiger partial charge in [-0.05, 0) is 32.4 Å². The van der Waals surface area contributed by atoms with Crippen molar-refractivity contribution in [3.8, 4) is 0 Å². The molecule has 4 N–H and O–H groups in total. The molecule has 22 heavy (non-hydrogen) atoms. The standard InChI is InChI=1S/C13H20F3N5.HI/c1-9(2)21-12(17)19-7-3-6-18-11-5-4-10(8-20-11)13(14,15)16;/h4-5,8-9H,3,6-7H2,1-2H3,(H,18,20)(H3,17,19,21);1H. The Hall–Kier alpha value is -1.26. The van der Waals surface area contributed by atoms with Gasteiger partial charge in [0.05, 0.1) is 5.56 Å². The van der Waals surface area contributed by atoms with Crippen molar-refractivity contribution in [3.63, 3.8) is 0 Å². The second-order valence-electron chi connectivity index (χ2n) is 4.78. The van der Waals surface area contributed by atoms with Gasteiger partial charge in [0.2, 0.25) is 0 Å². The van der Waals surface area contributed by atoms with Crippen LogP contribution in [-0.2, 0) is 6.18 Å². The summed E-state index contributed by atoms with van der Waals surface area (Å²) in [4.78, 5) is 7.83. The fraction of sp³-hybridized carbons (Fsp3) is 0.538. The van der Waals surface area contributed by atoms with E-state index < -0.39 is 11.7 Å². The molecule has 1 rings (SSSR count). The summed E-state index contributed by atoms with van der Waals surface area (Å²) in [5.41, 5.74) is 4.87. The van der Waals surface area contributed by atoms with E-state index in [0.717, 1.165) is 12.3 Å². The van der Waals surface area contributed by atoms with Crippen molar-refractivity contribution >= 4 is 35.8 Å². The van der Waals surface area contributed by atoms with Crippen LogP contribution >= 0.6 is 24.0 Å². The second-order valence-corrected chi connectivity index (χ2v) is 4.78. The Morgan fingerprint density at radius 1 is 1.36 bits per heavy atom. The van der Waals surface area contributed by atoms with Crippen molar-refractivity contribution in [2.75, 3.05) is 18.4 Å². The SMILES string of the molecule is CC(C)NC(N)=NCCCNc1ccc(C(F)(F)F)cn1.I. The van der Waals surface area contributed by atoms with Crippen molar-refractivity contribution in [3.05, 3.63) is 23.9 Å². The molecule has 1 aromatic rings. The lowest BCUT2D eigenvalue weighted by atomic mass is 10.3. The van der Waals surface area contributed by atoms with Gasteiger partial charge < -0.3 is 16.4 Å². The zero-order valence-electron chi connectivity index (χ0n) is 12.4. The van der Waals surface area contributed by atoms with Gasteiger partial charge in [-0.15, -0.1) is 24.0 Å². The summed E-state index contributed by atoms with van der Waals surface area (Å²) in [7, 11) is 0. The number of nitrogens with zero attached hydrogens (tertiary/aromatic N) is 2. The number of halogens is 4. The lowest BCUT2D eigenvalue weighted by Crippen LogP contribution is -2.36. The van der Waals surface area contributed by atoms with Gasteiger partial charge >= 0.3 is 6.18 Å². The molecule has 0 aliphatic carbocycles. The van der Waals surface area contributed by atoms with Crippen molar-refractivity contribution in [1.29, 1.82) is 0 Å². The summed E-state index contributed by atoms with van der Waals surface area (Å²) >= 11 is 0. The number of guanidine groups is 1.